The van der Waals surface area contributed by atoms with Crippen LogP contribution in [0.4, 0.5) is 29.2 Å². The molecule has 1 saturated carbocycles. The van der Waals surface area contributed by atoms with Crippen LogP contribution in [-0.2, 0) is 6.18 Å². The van der Waals surface area contributed by atoms with E-state index < -0.39 is 34.6 Å². The maximum atomic E-state index is 15.1. The molecule has 1 aliphatic heterocycles. The van der Waals surface area contributed by atoms with Crippen molar-refractivity contribution >= 4 is 28.5 Å². The molecule has 3 heterocycles. The maximum Gasteiger partial charge on any atom is 0.433 e. The highest BCUT2D eigenvalue weighted by molar-refractivity contribution is 5.93. The molecule has 2 fully saturated rings. The van der Waals surface area contributed by atoms with E-state index in [4.69, 9.17) is 0 Å². The summed E-state index contributed by atoms with van der Waals surface area (Å²) in [6.07, 6.45) is -0.539. The Balaban J connectivity index is 1.44. The number of rotatable bonds is 4. The van der Waals surface area contributed by atoms with Crippen LogP contribution in [0.3, 0.4) is 0 Å². The van der Waals surface area contributed by atoms with Gasteiger partial charge in [0.05, 0.1) is 11.2 Å². The normalized spacial score (nSPS) is 16.8. The molecule has 0 amide bonds. The van der Waals surface area contributed by atoms with Gasteiger partial charge in [-0.1, -0.05) is 0 Å². The first-order chi connectivity index (χ1) is 16.1. The molecule has 1 saturated heterocycles. The Labute approximate surface area is 190 Å². The quantitative estimate of drug-likeness (QED) is 0.577. The Morgan fingerprint density at radius 2 is 1.76 bits per heavy atom. The molecule has 12 heteroatoms. The number of anilines is 2. The number of aromatic carboxylic acids is 1. The van der Waals surface area contributed by atoms with Crippen LogP contribution in [-0.4, -0.2) is 51.8 Å². The van der Waals surface area contributed by atoms with Gasteiger partial charge in [-0.25, -0.2) is 19.2 Å². The highest BCUT2D eigenvalue weighted by Crippen LogP contribution is 2.38. The summed E-state index contributed by atoms with van der Waals surface area (Å²) in [5.41, 5.74) is -1.47. The number of benzene rings is 1. The molecule has 0 radical (unpaired) electrons. The largest absolute Gasteiger partial charge is 0.477 e. The number of nitrogens with zero attached hydrogens (tertiary/aromatic N) is 5. The number of fused-ring (bicyclic) bond motifs is 1. The number of aromatic nitrogens is 3. The lowest BCUT2D eigenvalue weighted by Crippen LogP contribution is -2.47. The third-order valence-electron chi connectivity index (χ3n) is 6.11. The minimum absolute atomic E-state index is 0.00375. The highest BCUT2D eigenvalue weighted by atomic mass is 19.4. The molecule has 2 aromatic heterocycles. The molecule has 3 aromatic rings. The molecule has 8 nitrogen and oxygen atoms in total. The Kier molecular flexibility index (Phi) is 5.18. The first-order valence-corrected chi connectivity index (χ1v) is 10.7. The predicted molar refractivity (Wildman–Crippen MR) is 115 cm³/mol. The van der Waals surface area contributed by atoms with Gasteiger partial charge in [-0.05, 0) is 31.0 Å². The summed E-state index contributed by atoms with van der Waals surface area (Å²) in [5, 5.41) is 9.37. The number of pyridine rings is 1. The number of hydrogen-bond acceptors (Lipinski definition) is 6. The van der Waals surface area contributed by atoms with Crippen molar-refractivity contribution in [2.75, 3.05) is 36.0 Å². The topological polar surface area (TPSA) is 91.6 Å². The average Bonchev–Trinajstić information content (AvgIpc) is 3.64. The number of alkyl halides is 3. The molecule has 34 heavy (non-hydrogen) atoms. The maximum absolute atomic E-state index is 15.1. The Hall–Kier alpha value is -3.70. The second-order valence-corrected chi connectivity index (χ2v) is 8.35. The van der Waals surface area contributed by atoms with E-state index in [-0.39, 0.29) is 36.2 Å². The summed E-state index contributed by atoms with van der Waals surface area (Å²) in [5.74, 6) is -2.07. The first kappa shape index (κ1) is 22.1. The van der Waals surface area contributed by atoms with Gasteiger partial charge in [0.25, 0.3) is 0 Å². The molecule has 5 rings (SSSR count). The summed E-state index contributed by atoms with van der Waals surface area (Å²) in [6.45, 7) is 1.13. The van der Waals surface area contributed by atoms with Gasteiger partial charge in [-0.3, -0.25) is 4.79 Å². The van der Waals surface area contributed by atoms with Crippen molar-refractivity contribution in [3.8, 4) is 0 Å². The zero-order chi connectivity index (χ0) is 24.2. The lowest BCUT2D eigenvalue weighted by molar-refractivity contribution is -0.141. The predicted octanol–water partition coefficient (Wildman–Crippen LogP) is 3.31. The van der Waals surface area contributed by atoms with Crippen LogP contribution in [0.15, 0.2) is 35.4 Å². The highest BCUT2D eigenvalue weighted by Gasteiger charge is 2.34. The summed E-state index contributed by atoms with van der Waals surface area (Å²) in [6, 6.07) is 3.47. The zero-order valence-corrected chi connectivity index (χ0v) is 17.7. The second-order valence-electron chi connectivity index (χ2n) is 8.35. The second kappa shape index (κ2) is 7.96. The molecule has 1 aliphatic carbocycles. The van der Waals surface area contributed by atoms with Crippen molar-refractivity contribution in [2.24, 2.45) is 0 Å². The number of carbonyl (C=O) groups is 1. The van der Waals surface area contributed by atoms with Gasteiger partial charge in [0.2, 0.25) is 11.4 Å². The van der Waals surface area contributed by atoms with Gasteiger partial charge in [0.1, 0.15) is 17.1 Å². The van der Waals surface area contributed by atoms with Crippen molar-refractivity contribution in [1.82, 2.24) is 14.5 Å². The van der Waals surface area contributed by atoms with Crippen LogP contribution in [0.1, 0.15) is 34.9 Å². The molecule has 1 N–H and O–H groups in total. The van der Waals surface area contributed by atoms with E-state index in [1.807, 2.05) is 0 Å². The Bertz CT molecular complexity index is 1340. The van der Waals surface area contributed by atoms with E-state index in [9.17, 15) is 27.9 Å². The standard InChI is InChI=1S/C22H19F4N5O3/c23-15-9-13-16(31(12-1-2-12)11-14(19(13)32)20(33)34)10-17(15)29-5-7-30(8-6-29)21-27-4-3-18(28-21)22(24,25)26/h3-4,9-12H,1-2,5-8H2,(H,33,34). The molecule has 0 unspecified atom stereocenters. The third-order valence-corrected chi connectivity index (χ3v) is 6.11. The van der Waals surface area contributed by atoms with Gasteiger partial charge in [-0.2, -0.15) is 13.2 Å². The number of carboxylic acid groups (broad SMARTS) is 1. The number of halogens is 4. The summed E-state index contributed by atoms with van der Waals surface area (Å²) in [4.78, 5) is 35.0. The van der Waals surface area contributed by atoms with Crippen LogP contribution in [0.5, 0.6) is 0 Å². The lowest BCUT2D eigenvalue weighted by atomic mass is 10.1. The molecule has 0 bridgehead atoms. The fourth-order valence-corrected chi connectivity index (χ4v) is 4.21. The van der Waals surface area contributed by atoms with Crippen molar-refractivity contribution in [3.63, 3.8) is 0 Å². The molecule has 0 spiro atoms. The van der Waals surface area contributed by atoms with E-state index in [1.54, 1.807) is 20.4 Å². The Morgan fingerprint density at radius 3 is 2.38 bits per heavy atom. The van der Waals surface area contributed by atoms with Gasteiger partial charge in [0.15, 0.2) is 0 Å². The first-order valence-electron chi connectivity index (χ1n) is 10.7. The molecule has 178 valence electrons. The van der Waals surface area contributed by atoms with Crippen LogP contribution < -0.4 is 15.2 Å². The van der Waals surface area contributed by atoms with Crippen LogP contribution >= 0.6 is 0 Å². The minimum atomic E-state index is -4.58. The minimum Gasteiger partial charge on any atom is -0.477 e. The van der Waals surface area contributed by atoms with Crippen molar-refractivity contribution in [1.29, 1.82) is 0 Å². The van der Waals surface area contributed by atoms with Crippen LogP contribution in [0, 0.1) is 5.82 Å². The van der Waals surface area contributed by atoms with Crippen LogP contribution in [0.25, 0.3) is 10.9 Å². The summed E-state index contributed by atoms with van der Waals surface area (Å²) < 4.78 is 55.7. The third kappa shape index (κ3) is 3.93. The Morgan fingerprint density at radius 1 is 1.09 bits per heavy atom. The smallest absolute Gasteiger partial charge is 0.433 e. The van der Waals surface area contributed by atoms with Crippen molar-refractivity contribution < 1.29 is 27.5 Å². The van der Waals surface area contributed by atoms with Crippen molar-refractivity contribution in [3.05, 3.63) is 57.9 Å². The molecular weight excluding hydrogens is 458 g/mol. The fraction of sp³-hybridized carbons (Fsp3) is 0.364. The molecule has 0 atom stereocenters. The molecular formula is C22H19F4N5O3. The summed E-state index contributed by atoms with van der Waals surface area (Å²) >= 11 is 0. The van der Waals surface area contributed by atoms with Gasteiger partial charge >= 0.3 is 12.1 Å². The van der Waals surface area contributed by atoms with E-state index in [0.717, 1.165) is 31.2 Å². The summed E-state index contributed by atoms with van der Waals surface area (Å²) in [7, 11) is 0. The molecule has 1 aromatic carbocycles. The van der Waals surface area contributed by atoms with E-state index >= 15 is 4.39 Å². The molecule has 2 aliphatic rings. The SMILES string of the molecule is O=C(O)c1cn(C2CC2)c2cc(N3CCN(c4nccc(C(F)(F)F)n4)CC3)c(F)cc2c1=O. The fourth-order valence-electron chi connectivity index (χ4n) is 4.21. The van der Waals surface area contributed by atoms with E-state index in [2.05, 4.69) is 9.97 Å². The zero-order valence-electron chi connectivity index (χ0n) is 17.7. The van der Waals surface area contributed by atoms with E-state index in [1.165, 1.54) is 6.20 Å². The van der Waals surface area contributed by atoms with Gasteiger partial charge in [0, 0.05) is 50.0 Å². The average molecular weight is 477 g/mol. The van der Waals surface area contributed by atoms with E-state index in [0.29, 0.717) is 18.6 Å². The van der Waals surface area contributed by atoms with Gasteiger partial charge < -0.3 is 19.5 Å². The number of hydrogen-bond donors (Lipinski definition) is 1. The lowest BCUT2D eigenvalue weighted by Gasteiger charge is -2.36. The van der Waals surface area contributed by atoms with Gasteiger partial charge in [-0.15, -0.1) is 0 Å². The number of piperazine rings is 1. The van der Waals surface area contributed by atoms with Crippen molar-refractivity contribution in [2.45, 2.75) is 25.1 Å². The van der Waals surface area contributed by atoms with Crippen LogP contribution in [0.2, 0.25) is 0 Å². The number of carboxylic acids is 1. The monoisotopic (exact) mass is 477 g/mol.